The van der Waals surface area contributed by atoms with Gasteiger partial charge in [0.25, 0.3) is 0 Å². The molecule has 0 saturated heterocycles. The van der Waals surface area contributed by atoms with Crippen LogP contribution in [0, 0.1) is 17.3 Å². The number of allylic oxidation sites excluding steroid dienone is 2. The van der Waals surface area contributed by atoms with Gasteiger partial charge in [0.1, 0.15) is 6.61 Å². The number of esters is 1. The van der Waals surface area contributed by atoms with Crippen molar-refractivity contribution in [3.8, 4) is 0 Å². The number of benzene rings is 2. The summed E-state index contributed by atoms with van der Waals surface area (Å²) in [6.45, 7) is 6.48. The number of hydrogen-bond donors (Lipinski definition) is 2. The minimum absolute atomic E-state index is 0.0266. The second-order valence-corrected chi connectivity index (χ2v) is 12.0. The first kappa shape index (κ1) is 32.1. The third-order valence-electron chi connectivity index (χ3n) is 7.65. The van der Waals surface area contributed by atoms with Crippen molar-refractivity contribution < 1.29 is 24.2 Å². The third-order valence-corrected chi connectivity index (χ3v) is 7.65. The topological polar surface area (TPSA) is 95.9 Å². The molecule has 2 aromatic carbocycles. The lowest BCUT2D eigenvalue weighted by atomic mass is 9.86. The quantitative estimate of drug-likeness (QED) is 0.346. The van der Waals surface area contributed by atoms with Gasteiger partial charge in [-0.15, -0.1) is 0 Å². The molecule has 41 heavy (non-hydrogen) atoms. The highest BCUT2D eigenvalue weighted by Crippen LogP contribution is 2.24. The smallest absolute Gasteiger partial charge is 0.309 e. The Morgan fingerprint density at radius 3 is 2.27 bits per heavy atom. The molecular weight excluding hydrogens is 516 g/mol. The Labute approximate surface area is 245 Å². The van der Waals surface area contributed by atoms with Crippen LogP contribution in [0.5, 0.6) is 0 Å². The zero-order valence-electron chi connectivity index (χ0n) is 24.8. The number of ether oxygens (including phenoxy) is 1. The van der Waals surface area contributed by atoms with E-state index in [1.54, 1.807) is 4.90 Å². The number of amides is 2. The number of aliphatic hydroxyl groups excluding tert-OH is 1. The summed E-state index contributed by atoms with van der Waals surface area (Å²) in [4.78, 5) is 41.8. The highest BCUT2D eigenvalue weighted by molar-refractivity contribution is 5.86. The van der Waals surface area contributed by atoms with Crippen LogP contribution < -0.4 is 5.32 Å². The van der Waals surface area contributed by atoms with E-state index in [0.29, 0.717) is 25.8 Å². The zero-order chi connectivity index (χ0) is 29.7. The molecule has 0 bridgehead atoms. The first-order valence-corrected chi connectivity index (χ1v) is 14.8. The molecule has 0 aliphatic carbocycles. The molecule has 7 heteroatoms. The van der Waals surface area contributed by atoms with E-state index in [9.17, 15) is 19.5 Å². The molecule has 3 rings (SSSR count). The standard InChI is InChI=1S/C34H46N2O5/c1-34(2,3)30-25-41-33(40)29(22-26-14-8-6-9-15-26)19-13-5-4-12-18-28(32(39)35-30)23-31(38)36(20-21-37)24-27-16-10-7-11-17-27/h4,6-12,14-17,28-30,37H,5,13,18-25H2,1-3H3,(H,35,39)/t28-,29-,30-/m1/s1. The monoisotopic (exact) mass is 562 g/mol. The Kier molecular flexibility index (Phi) is 12.6. The summed E-state index contributed by atoms with van der Waals surface area (Å²) >= 11 is 0. The van der Waals surface area contributed by atoms with E-state index in [2.05, 4.69) is 5.32 Å². The molecule has 0 unspecified atom stereocenters. The third kappa shape index (κ3) is 10.8. The predicted octanol–water partition coefficient (Wildman–Crippen LogP) is 5.08. The molecule has 0 radical (unpaired) electrons. The Morgan fingerprint density at radius 2 is 1.63 bits per heavy atom. The van der Waals surface area contributed by atoms with E-state index < -0.39 is 12.0 Å². The van der Waals surface area contributed by atoms with Crippen LogP contribution in [0.3, 0.4) is 0 Å². The summed E-state index contributed by atoms with van der Waals surface area (Å²) in [5, 5.41) is 12.7. The average molecular weight is 563 g/mol. The van der Waals surface area contributed by atoms with Crippen molar-refractivity contribution in [1.82, 2.24) is 10.2 Å². The second-order valence-electron chi connectivity index (χ2n) is 12.0. The number of nitrogens with zero attached hydrogens (tertiary/aromatic N) is 1. The van der Waals surface area contributed by atoms with Gasteiger partial charge < -0.3 is 20.1 Å². The van der Waals surface area contributed by atoms with Crippen LogP contribution in [0.15, 0.2) is 72.8 Å². The van der Waals surface area contributed by atoms with Crippen molar-refractivity contribution in [3.63, 3.8) is 0 Å². The number of carbonyl (C=O) groups excluding carboxylic acids is 3. The maximum absolute atomic E-state index is 13.6. The molecule has 3 atom stereocenters. The molecular formula is C34H46N2O5. The van der Waals surface area contributed by atoms with Crippen molar-refractivity contribution in [3.05, 3.63) is 83.9 Å². The molecule has 2 aromatic rings. The van der Waals surface area contributed by atoms with Crippen LogP contribution in [0.2, 0.25) is 0 Å². The predicted molar refractivity (Wildman–Crippen MR) is 161 cm³/mol. The van der Waals surface area contributed by atoms with Gasteiger partial charge in [-0.25, -0.2) is 0 Å². The van der Waals surface area contributed by atoms with E-state index in [4.69, 9.17) is 4.74 Å². The average Bonchev–Trinajstić information content (AvgIpc) is 2.95. The van der Waals surface area contributed by atoms with Gasteiger partial charge in [-0.05, 0) is 48.6 Å². The molecule has 2 amide bonds. The highest BCUT2D eigenvalue weighted by Gasteiger charge is 2.32. The Bertz CT molecular complexity index is 1130. The van der Waals surface area contributed by atoms with Gasteiger partial charge in [0.05, 0.1) is 24.5 Å². The van der Waals surface area contributed by atoms with E-state index in [0.717, 1.165) is 24.0 Å². The summed E-state index contributed by atoms with van der Waals surface area (Å²) in [5.41, 5.74) is 1.69. The van der Waals surface area contributed by atoms with Crippen molar-refractivity contribution in [2.45, 2.75) is 71.9 Å². The first-order chi connectivity index (χ1) is 19.7. The summed E-state index contributed by atoms with van der Waals surface area (Å²) in [6, 6.07) is 19.2. The lowest BCUT2D eigenvalue weighted by Gasteiger charge is -2.33. The number of hydrogen-bond acceptors (Lipinski definition) is 5. The van der Waals surface area contributed by atoms with Crippen LogP contribution in [0.4, 0.5) is 0 Å². The van der Waals surface area contributed by atoms with E-state index in [1.807, 2.05) is 93.6 Å². The fourth-order valence-corrected chi connectivity index (χ4v) is 4.98. The fourth-order valence-electron chi connectivity index (χ4n) is 4.98. The minimum Gasteiger partial charge on any atom is -0.463 e. The molecule has 1 aliphatic heterocycles. The Hall–Kier alpha value is -3.45. The molecule has 7 nitrogen and oxygen atoms in total. The maximum atomic E-state index is 13.6. The minimum atomic E-state index is -0.579. The van der Waals surface area contributed by atoms with Crippen LogP contribution >= 0.6 is 0 Å². The van der Waals surface area contributed by atoms with Gasteiger partial charge in [-0.2, -0.15) is 0 Å². The number of carbonyl (C=O) groups is 3. The molecule has 0 fully saturated rings. The molecule has 0 saturated carbocycles. The first-order valence-electron chi connectivity index (χ1n) is 14.8. The van der Waals surface area contributed by atoms with Gasteiger partial charge in [0.15, 0.2) is 0 Å². The maximum Gasteiger partial charge on any atom is 0.309 e. The second kappa shape index (κ2) is 16.1. The van der Waals surface area contributed by atoms with Crippen LogP contribution in [0.25, 0.3) is 0 Å². The Morgan fingerprint density at radius 1 is 0.976 bits per heavy atom. The number of nitrogens with one attached hydrogen (secondary N) is 1. The fraction of sp³-hybridized carbons (Fsp3) is 0.500. The van der Waals surface area contributed by atoms with Crippen molar-refractivity contribution in [1.29, 1.82) is 0 Å². The molecule has 2 N–H and O–H groups in total. The molecule has 1 heterocycles. The lowest BCUT2D eigenvalue weighted by Crippen LogP contribution is -2.50. The van der Waals surface area contributed by atoms with E-state index in [1.165, 1.54) is 0 Å². The number of cyclic esters (lactones) is 1. The van der Waals surface area contributed by atoms with Crippen LogP contribution in [-0.4, -0.2) is 53.6 Å². The summed E-state index contributed by atoms with van der Waals surface area (Å²) in [5.74, 6) is -1.49. The van der Waals surface area contributed by atoms with Gasteiger partial charge in [-0.1, -0.05) is 93.6 Å². The van der Waals surface area contributed by atoms with Gasteiger partial charge >= 0.3 is 5.97 Å². The molecule has 0 aromatic heterocycles. The number of aliphatic hydroxyl groups is 1. The van der Waals surface area contributed by atoms with E-state index >= 15 is 0 Å². The van der Waals surface area contributed by atoms with Crippen molar-refractivity contribution in [2.75, 3.05) is 19.8 Å². The highest BCUT2D eigenvalue weighted by atomic mass is 16.5. The van der Waals surface area contributed by atoms with E-state index in [-0.39, 0.29) is 55.3 Å². The number of rotatable bonds is 8. The summed E-state index contributed by atoms with van der Waals surface area (Å²) < 4.78 is 5.84. The lowest BCUT2D eigenvalue weighted by molar-refractivity contribution is -0.151. The Balaban J connectivity index is 1.76. The van der Waals surface area contributed by atoms with Gasteiger partial charge in [-0.3, -0.25) is 14.4 Å². The molecule has 1 aliphatic rings. The SMILES string of the molecule is CC(C)(C)[C@H]1COC(=O)[C@@H](Cc2ccccc2)CCCC=CC[C@H](CC(=O)N(CCO)Cc2ccccc2)C(=O)N1. The largest absolute Gasteiger partial charge is 0.463 e. The van der Waals surface area contributed by atoms with Crippen molar-refractivity contribution in [2.24, 2.45) is 17.3 Å². The van der Waals surface area contributed by atoms with Crippen molar-refractivity contribution >= 4 is 17.8 Å². The van der Waals surface area contributed by atoms with Crippen LogP contribution in [0.1, 0.15) is 64.0 Å². The molecule has 0 spiro atoms. The van der Waals surface area contributed by atoms with Gasteiger partial charge in [0.2, 0.25) is 11.8 Å². The zero-order valence-corrected chi connectivity index (χ0v) is 24.8. The normalized spacial score (nSPS) is 20.9. The summed E-state index contributed by atoms with van der Waals surface area (Å²) in [6.07, 6.45) is 7.40. The molecule has 222 valence electrons. The van der Waals surface area contributed by atoms with Gasteiger partial charge in [0, 0.05) is 19.5 Å². The van der Waals surface area contributed by atoms with Crippen LogP contribution in [-0.2, 0) is 32.1 Å². The summed E-state index contributed by atoms with van der Waals surface area (Å²) in [7, 11) is 0.